The average molecular weight is 670 g/mol. The largest absolute Gasteiger partial charge is 0.310 e. The van der Waals surface area contributed by atoms with Crippen LogP contribution in [0.25, 0.3) is 49.7 Å². The van der Waals surface area contributed by atoms with E-state index >= 15 is 0 Å². The first-order chi connectivity index (χ1) is 23.1. The number of hydrogen-bond acceptors (Lipinski definition) is 1. The van der Waals surface area contributed by atoms with Gasteiger partial charge in [0.15, 0.2) is 0 Å². The summed E-state index contributed by atoms with van der Waals surface area (Å²) in [6, 6.07) is 59.0. The monoisotopic (exact) mass is 668 g/mol. The van der Waals surface area contributed by atoms with Gasteiger partial charge in [-0.05, 0) is 108 Å². The summed E-state index contributed by atoms with van der Waals surface area (Å²) < 4.78 is 3.49. The van der Waals surface area contributed by atoms with Gasteiger partial charge in [0.25, 0.3) is 0 Å². The SMILES string of the molecule is Cc1ccccc1-c1cc2c(cc1C)c1ccc(N(c3ccccc3)c3ccccc3-c3cccc(Br)c3)cc1n2-c1ccccc1. The van der Waals surface area contributed by atoms with Gasteiger partial charge in [-0.1, -0.05) is 113 Å². The molecule has 0 atom stereocenters. The highest BCUT2D eigenvalue weighted by molar-refractivity contribution is 9.10. The maximum absolute atomic E-state index is 3.70. The van der Waals surface area contributed by atoms with Gasteiger partial charge >= 0.3 is 0 Å². The molecule has 2 nitrogen and oxygen atoms in total. The van der Waals surface area contributed by atoms with E-state index in [9.17, 15) is 0 Å². The Kier molecular flexibility index (Phi) is 7.47. The summed E-state index contributed by atoms with van der Waals surface area (Å²) in [6.45, 7) is 4.43. The number of fused-ring (bicyclic) bond motifs is 3. The number of benzene rings is 7. The molecular formula is C44H33BrN2. The Morgan fingerprint density at radius 1 is 0.468 bits per heavy atom. The molecule has 0 spiro atoms. The van der Waals surface area contributed by atoms with E-state index in [4.69, 9.17) is 0 Å². The van der Waals surface area contributed by atoms with Crippen molar-refractivity contribution in [3.8, 4) is 27.9 Å². The number of rotatable bonds is 6. The first-order valence-electron chi connectivity index (χ1n) is 16.0. The van der Waals surface area contributed by atoms with Gasteiger partial charge in [-0.3, -0.25) is 0 Å². The molecule has 226 valence electrons. The first-order valence-corrected chi connectivity index (χ1v) is 16.8. The minimum absolute atomic E-state index is 1.06. The van der Waals surface area contributed by atoms with E-state index in [1.807, 2.05) is 0 Å². The van der Waals surface area contributed by atoms with Crippen molar-refractivity contribution in [3.05, 3.63) is 179 Å². The lowest BCUT2D eigenvalue weighted by molar-refractivity contribution is 1.18. The quantitative estimate of drug-likeness (QED) is 0.171. The minimum Gasteiger partial charge on any atom is -0.310 e. The van der Waals surface area contributed by atoms with Crippen LogP contribution in [-0.4, -0.2) is 4.57 Å². The first kappa shape index (κ1) is 29.1. The van der Waals surface area contributed by atoms with Gasteiger partial charge in [0.05, 0.1) is 16.7 Å². The van der Waals surface area contributed by atoms with Crippen molar-refractivity contribution >= 4 is 54.8 Å². The van der Waals surface area contributed by atoms with Crippen LogP contribution < -0.4 is 4.90 Å². The Hall–Kier alpha value is -5.38. The number of aryl methyl sites for hydroxylation is 2. The lowest BCUT2D eigenvalue weighted by Gasteiger charge is -2.28. The van der Waals surface area contributed by atoms with Crippen LogP contribution in [0.3, 0.4) is 0 Å². The van der Waals surface area contributed by atoms with E-state index in [-0.39, 0.29) is 0 Å². The van der Waals surface area contributed by atoms with Gasteiger partial charge in [-0.2, -0.15) is 0 Å². The third-order valence-corrected chi connectivity index (χ3v) is 9.59. The highest BCUT2D eigenvalue weighted by Gasteiger charge is 2.21. The van der Waals surface area contributed by atoms with Crippen molar-refractivity contribution in [2.24, 2.45) is 0 Å². The number of para-hydroxylation sites is 3. The molecule has 47 heavy (non-hydrogen) atoms. The zero-order valence-electron chi connectivity index (χ0n) is 26.4. The summed E-state index contributed by atoms with van der Waals surface area (Å²) in [7, 11) is 0. The van der Waals surface area contributed by atoms with Crippen LogP contribution in [-0.2, 0) is 0 Å². The third kappa shape index (κ3) is 5.23. The van der Waals surface area contributed by atoms with Crippen LogP contribution in [0.5, 0.6) is 0 Å². The Morgan fingerprint density at radius 3 is 1.91 bits per heavy atom. The van der Waals surface area contributed by atoms with Crippen LogP contribution in [0.2, 0.25) is 0 Å². The van der Waals surface area contributed by atoms with E-state index in [0.717, 1.165) is 32.8 Å². The van der Waals surface area contributed by atoms with Crippen LogP contribution in [0.15, 0.2) is 168 Å². The summed E-state index contributed by atoms with van der Waals surface area (Å²) in [6.07, 6.45) is 0. The highest BCUT2D eigenvalue weighted by Crippen LogP contribution is 2.44. The van der Waals surface area contributed by atoms with Gasteiger partial charge in [0.2, 0.25) is 0 Å². The maximum Gasteiger partial charge on any atom is 0.0561 e. The van der Waals surface area contributed by atoms with Crippen LogP contribution >= 0.6 is 15.9 Å². The van der Waals surface area contributed by atoms with Crippen molar-refractivity contribution in [2.75, 3.05) is 4.90 Å². The number of hydrogen-bond donors (Lipinski definition) is 0. The molecule has 8 rings (SSSR count). The molecule has 0 N–H and O–H groups in total. The fraction of sp³-hybridized carbons (Fsp3) is 0.0455. The molecule has 7 aromatic carbocycles. The number of halogens is 1. The third-order valence-electron chi connectivity index (χ3n) is 9.10. The predicted octanol–water partition coefficient (Wildman–Crippen LogP) is 13.0. The molecule has 0 bridgehead atoms. The Labute approximate surface area is 284 Å². The van der Waals surface area contributed by atoms with Gasteiger partial charge in [0.1, 0.15) is 0 Å². The lowest BCUT2D eigenvalue weighted by atomic mass is 9.95. The zero-order valence-corrected chi connectivity index (χ0v) is 27.9. The number of nitrogens with zero attached hydrogens (tertiary/aromatic N) is 2. The fourth-order valence-electron chi connectivity index (χ4n) is 6.89. The van der Waals surface area contributed by atoms with E-state index in [1.165, 1.54) is 49.6 Å². The normalized spacial score (nSPS) is 11.3. The molecule has 0 radical (unpaired) electrons. The second-order valence-corrected chi connectivity index (χ2v) is 13.0. The molecule has 1 aromatic heterocycles. The fourth-order valence-corrected chi connectivity index (χ4v) is 7.29. The molecule has 0 aliphatic heterocycles. The standard InChI is InChI=1S/C44H33BrN2/c1-30-14-9-10-21-37(30)40-29-44-41(26-31(40)2)39-25-24-36(28-43(39)47(44)35-19-7-4-8-20-35)46(34-17-5-3-6-18-34)42-23-12-11-22-38(42)32-15-13-16-33(45)27-32/h3-29H,1-2H3. The van der Waals surface area contributed by atoms with Gasteiger partial charge in [-0.25, -0.2) is 0 Å². The summed E-state index contributed by atoms with van der Waals surface area (Å²) in [5, 5.41) is 2.49. The second kappa shape index (κ2) is 12.1. The lowest BCUT2D eigenvalue weighted by Crippen LogP contribution is -2.11. The smallest absolute Gasteiger partial charge is 0.0561 e. The van der Waals surface area contributed by atoms with Crippen molar-refractivity contribution in [3.63, 3.8) is 0 Å². The topological polar surface area (TPSA) is 8.17 Å². The Bertz CT molecular complexity index is 2390. The van der Waals surface area contributed by atoms with Gasteiger partial charge < -0.3 is 9.47 Å². The molecule has 0 unspecified atom stereocenters. The molecule has 0 aliphatic rings. The molecule has 0 aliphatic carbocycles. The molecule has 0 fully saturated rings. The molecule has 8 aromatic rings. The minimum atomic E-state index is 1.06. The predicted molar refractivity (Wildman–Crippen MR) is 204 cm³/mol. The highest BCUT2D eigenvalue weighted by atomic mass is 79.9. The van der Waals surface area contributed by atoms with E-state index in [0.29, 0.717) is 0 Å². The van der Waals surface area contributed by atoms with Crippen molar-refractivity contribution < 1.29 is 0 Å². The number of aromatic nitrogens is 1. The van der Waals surface area contributed by atoms with Crippen LogP contribution in [0, 0.1) is 13.8 Å². The van der Waals surface area contributed by atoms with Crippen molar-refractivity contribution in [1.29, 1.82) is 0 Å². The molecule has 1 heterocycles. The molecule has 3 heteroatoms. The average Bonchev–Trinajstić information content (AvgIpc) is 3.42. The zero-order chi connectivity index (χ0) is 31.9. The van der Waals surface area contributed by atoms with Crippen LogP contribution in [0.4, 0.5) is 17.1 Å². The number of anilines is 3. The Balaban J connectivity index is 1.41. The van der Waals surface area contributed by atoms with Crippen molar-refractivity contribution in [2.45, 2.75) is 13.8 Å². The molecule has 0 amide bonds. The van der Waals surface area contributed by atoms with E-state index in [1.54, 1.807) is 0 Å². The summed E-state index contributed by atoms with van der Waals surface area (Å²) in [5.41, 5.74) is 14.3. The van der Waals surface area contributed by atoms with E-state index in [2.05, 4.69) is 203 Å². The Morgan fingerprint density at radius 2 is 1.15 bits per heavy atom. The summed E-state index contributed by atoms with van der Waals surface area (Å²) in [5.74, 6) is 0. The van der Waals surface area contributed by atoms with Gasteiger partial charge in [0, 0.05) is 37.9 Å². The summed E-state index contributed by atoms with van der Waals surface area (Å²) in [4.78, 5) is 2.38. The molecule has 0 saturated carbocycles. The van der Waals surface area contributed by atoms with Gasteiger partial charge in [-0.15, -0.1) is 0 Å². The molecule has 0 saturated heterocycles. The molecular weight excluding hydrogens is 636 g/mol. The van der Waals surface area contributed by atoms with Crippen molar-refractivity contribution in [1.82, 2.24) is 4.57 Å². The summed E-state index contributed by atoms with van der Waals surface area (Å²) >= 11 is 3.70. The maximum atomic E-state index is 3.70. The second-order valence-electron chi connectivity index (χ2n) is 12.1. The van der Waals surface area contributed by atoms with Crippen LogP contribution in [0.1, 0.15) is 11.1 Å². The van der Waals surface area contributed by atoms with E-state index < -0.39 is 0 Å².